The van der Waals surface area contributed by atoms with Gasteiger partial charge >= 0.3 is 6.03 Å². The molecule has 0 aliphatic carbocycles. The second-order valence-electron chi connectivity index (χ2n) is 10.0. The molecule has 4 amide bonds. The molecule has 0 spiro atoms. The van der Waals surface area contributed by atoms with Crippen LogP contribution in [-0.4, -0.2) is 46.9 Å². The first-order valence-electron chi connectivity index (χ1n) is 13.5. The highest BCUT2D eigenvalue weighted by atomic mass is 32.1. The van der Waals surface area contributed by atoms with E-state index in [0.717, 1.165) is 29.5 Å². The average molecular weight is 568 g/mol. The first-order chi connectivity index (χ1) is 19.9. The Bertz CT molecular complexity index is 1680. The summed E-state index contributed by atoms with van der Waals surface area (Å²) in [5, 5.41) is 6.76. The second-order valence-corrected chi connectivity index (χ2v) is 11.0. The number of benzene rings is 2. The van der Waals surface area contributed by atoms with Crippen LogP contribution in [0.5, 0.6) is 11.5 Å². The van der Waals surface area contributed by atoms with Gasteiger partial charge in [-0.3, -0.25) is 14.5 Å². The van der Waals surface area contributed by atoms with Gasteiger partial charge in [-0.2, -0.15) is 0 Å². The lowest BCUT2D eigenvalue weighted by Gasteiger charge is -2.32. The SMILES string of the molecule is C/C=C/C(=O)N1CCC[C@@H](NC(=O)c2sc3nccc4c3c2NC(=O)N4c2ccc(Oc3ccccc3)cc2C)C1. The Morgan fingerprint density at radius 1 is 1.12 bits per heavy atom. The zero-order valence-electron chi connectivity index (χ0n) is 22.7. The van der Waals surface area contributed by atoms with Gasteiger partial charge in [0.25, 0.3) is 5.91 Å². The van der Waals surface area contributed by atoms with Crippen LogP contribution in [0.25, 0.3) is 10.2 Å². The van der Waals surface area contributed by atoms with Crippen molar-refractivity contribution in [2.45, 2.75) is 32.7 Å². The van der Waals surface area contributed by atoms with Gasteiger partial charge in [0.2, 0.25) is 5.91 Å². The molecule has 0 unspecified atom stereocenters. The number of aromatic nitrogens is 1. The Balaban J connectivity index is 1.28. The van der Waals surface area contributed by atoms with E-state index in [9.17, 15) is 14.4 Å². The van der Waals surface area contributed by atoms with E-state index in [1.165, 1.54) is 11.3 Å². The zero-order chi connectivity index (χ0) is 28.5. The monoisotopic (exact) mass is 567 g/mol. The Labute approximate surface area is 241 Å². The highest BCUT2D eigenvalue weighted by molar-refractivity contribution is 7.21. The molecule has 4 aromatic rings. The van der Waals surface area contributed by atoms with Crippen molar-refractivity contribution >= 4 is 56.5 Å². The minimum absolute atomic E-state index is 0.0560. The molecule has 208 valence electrons. The number of nitrogens with zero attached hydrogens (tertiary/aromatic N) is 3. The molecular weight excluding hydrogens is 538 g/mol. The first kappa shape index (κ1) is 26.5. The lowest BCUT2D eigenvalue weighted by Crippen LogP contribution is -2.49. The van der Waals surface area contributed by atoms with Crippen LogP contribution in [0.4, 0.5) is 21.9 Å². The van der Waals surface area contributed by atoms with Gasteiger partial charge in [0.1, 0.15) is 21.2 Å². The summed E-state index contributed by atoms with van der Waals surface area (Å²) in [5.41, 5.74) is 2.67. The van der Waals surface area contributed by atoms with Gasteiger partial charge in [-0.25, -0.2) is 9.78 Å². The number of hydrogen-bond donors (Lipinski definition) is 2. The van der Waals surface area contributed by atoms with Gasteiger partial charge in [-0.15, -0.1) is 11.3 Å². The molecule has 6 rings (SSSR count). The van der Waals surface area contributed by atoms with Crippen LogP contribution in [0.3, 0.4) is 0 Å². The molecule has 9 nitrogen and oxygen atoms in total. The van der Waals surface area contributed by atoms with E-state index >= 15 is 0 Å². The average Bonchev–Trinajstić information content (AvgIpc) is 3.34. The van der Waals surface area contributed by atoms with E-state index in [-0.39, 0.29) is 23.9 Å². The number of hydrogen-bond acceptors (Lipinski definition) is 6. The van der Waals surface area contributed by atoms with E-state index in [2.05, 4.69) is 15.6 Å². The van der Waals surface area contributed by atoms with Crippen molar-refractivity contribution in [1.82, 2.24) is 15.2 Å². The molecule has 1 fully saturated rings. The summed E-state index contributed by atoms with van der Waals surface area (Å²) in [6.07, 6.45) is 6.50. The molecule has 1 saturated heterocycles. The molecule has 2 N–H and O–H groups in total. The summed E-state index contributed by atoms with van der Waals surface area (Å²) >= 11 is 1.25. The predicted octanol–water partition coefficient (Wildman–Crippen LogP) is 6.38. The van der Waals surface area contributed by atoms with E-state index in [4.69, 9.17) is 4.74 Å². The molecule has 41 heavy (non-hydrogen) atoms. The van der Waals surface area contributed by atoms with Gasteiger partial charge < -0.3 is 20.3 Å². The number of anilines is 3. The molecule has 10 heteroatoms. The molecule has 0 saturated carbocycles. The lowest BCUT2D eigenvalue weighted by atomic mass is 10.0. The number of rotatable bonds is 6. The van der Waals surface area contributed by atoms with Crippen LogP contribution >= 0.6 is 11.3 Å². The topological polar surface area (TPSA) is 104 Å². The van der Waals surface area contributed by atoms with Crippen molar-refractivity contribution in [3.05, 3.63) is 83.4 Å². The summed E-state index contributed by atoms with van der Waals surface area (Å²) < 4.78 is 5.97. The Hall–Kier alpha value is -4.70. The summed E-state index contributed by atoms with van der Waals surface area (Å²) in [7, 11) is 0. The minimum Gasteiger partial charge on any atom is -0.457 e. The molecule has 4 heterocycles. The van der Waals surface area contributed by atoms with Crippen molar-refractivity contribution in [3.8, 4) is 11.5 Å². The summed E-state index contributed by atoms with van der Waals surface area (Å²) in [4.78, 5) is 48.3. The van der Waals surface area contributed by atoms with E-state index < -0.39 is 0 Å². The second kappa shape index (κ2) is 11.1. The number of carbonyl (C=O) groups excluding carboxylic acids is 3. The smallest absolute Gasteiger partial charge is 0.331 e. The van der Waals surface area contributed by atoms with Gasteiger partial charge in [0.05, 0.1) is 22.4 Å². The lowest BCUT2D eigenvalue weighted by molar-refractivity contribution is -0.127. The van der Waals surface area contributed by atoms with E-state index in [1.54, 1.807) is 34.2 Å². The van der Waals surface area contributed by atoms with E-state index in [1.807, 2.05) is 62.4 Å². The van der Waals surface area contributed by atoms with Gasteiger partial charge in [-0.05, 0) is 74.7 Å². The van der Waals surface area contributed by atoms with Gasteiger partial charge in [0.15, 0.2) is 0 Å². The third-order valence-electron chi connectivity index (χ3n) is 7.22. The fraction of sp³-hybridized carbons (Fsp3) is 0.226. The van der Waals surface area contributed by atoms with Gasteiger partial charge in [0, 0.05) is 25.3 Å². The summed E-state index contributed by atoms with van der Waals surface area (Å²) in [5.74, 6) is 1.05. The van der Waals surface area contributed by atoms with Crippen LogP contribution < -0.4 is 20.3 Å². The largest absolute Gasteiger partial charge is 0.457 e. The Morgan fingerprint density at radius 3 is 2.73 bits per heavy atom. The maximum absolute atomic E-state index is 13.6. The fourth-order valence-electron chi connectivity index (χ4n) is 5.34. The number of allylic oxidation sites excluding steroid dienone is 1. The highest BCUT2D eigenvalue weighted by Gasteiger charge is 2.34. The number of aryl methyl sites for hydroxylation is 1. The highest BCUT2D eigenvalue weighted by Crippen LogP contribution is 2.46. The van der Waals surface area contributed by atoms with Crippen molar-refractivity contribution < 1.29 is 19.1 Å². The molecule has 2 aliphatic heterocycles. The van der Waals surface area contributed by atoms with E-state index in [0.29, 0.717) is 45.6 Å². The molecule has 2 aromatic heterocycles. The number of thiophene rings is 1. The van der Waals surface area contributed by atoms with Crippen LogP contribution in [0.2, 0.25) is 0 Å². The number of piperidine rings is 1. The number of likely N-dealkylation sites (tertiary alicyclic amines) is 1. The Kier molecular flexibility index (Phi) is 7.15. The van der Waals surface area contributed by atoms with Crippen LogP contribution in [0.15, 0.2) is 72.9 Å². The zero-order valence-corrected chi connectivity index (χ0v) is 23.5. The third-order valence-corrected chi connectivity index (χ3v) is 8.31. The quantitative estimate of drug-likeness (QED) is 0.263. The van der Waals surface area contributed by atoms with Crippen molar-refractivity contribution in [3.63, 3.8) is 0 Å². The molecule has 0 bridgehead atoms. The van der Waals surface area contributed by atoms with Crippen molar-refractivity contribution in [1.29, 1.82) is 0 Å². The number of urea groups is 1. The third kappa shape index (κ3) is 5.14. The summed E-state index contributed by atoms with van der Waals surface area (Å²) in [6.45, 7) is 4.85. The van der Waals surface area contributed by atoms with Crippen molar-refractivity contribution in [2.75, 3.05) is 23.3 Å². The fourth-order valence-corrected chi connectivity index (χ4v) is 6.37. The molecule has 1 atom stereocenters. The van der Waals surface area contributed by atoms with Crippen LogP contribution in [-0.2, 0) is 4.79 Å². The normalized spacial score (nSPS) is 16.6. The number of nitrogens with one attached hydrogen (secondary N) is 2. The van der Waals surface area contributed by atoms with Crippen LogP contribution in [0, 0.1) is 6.92 Å². The number of pyridine rings is 1. The maximum Gasteiger partial charge on any atom is 0.331 e. The minimum atomic E-state index is -0.363. The number of para-hydroxylation sites is 1. The molecule has 2 aromatic carbocycles. The molecule has 0 radical (unpaired) electrons. The first-order valence-corrected chi connectivity index (χ1v) is 14.3. The van der Waals surface area contributed by atoms with Crippen molar-refractivity contribution in [2.24, 2.45) is 0 Å². The standard InChI is InChI=1S/C31H29N5O4S/c1-3-8-25(37)35-16-7-9-20(18-35)33-29(38)28-27-26-24(14-15-32-30(26)41-28)36(31(39)34-27)23-13-12-22(17-19(23)2)40-21-10-5-4-6-11-21/h3-6,8,10-15,17,20H,7,9,16,18H2,1-2H3,(H,33,38)(H,34,39)/b8-3+/t20-/m1/s1. The number of carbonyl (C=O) groups is 3. The predicted molar refractivity (Wildman–Crippen MR) is 160 cm³/mol. The van der Waals surface area contributed by atoms with Gasteiger partial charge in [-0.1, -0.05) is 24.3 Å². The summed E-state index contributed by atoms with van der Waals surface area (Å²) in [6, 6.07) is 16.3. The number of ether oxygens (including phenoxy) is 1. The molecule has 2 aliphatic rings. The Morgan fingerprint density at radius 2 is 1.95 bits per heavy atom. The number of amides is 4. The maximum atomic E-state index is 13.6. The van der Waals surface area contributed by atoms with Crippen LogP contribution in [0.1, 0.15) is 35.0 Å². The molecular formula is C31H29N5O4S.